The van der Waals surface area contributed by atoms with E-state index in [9.17, 15) is 0 Å². The van der Waals surface area contributed by atoms with Gasteiger partial charge in [0.2, 0.25) is 0 Å². The lowest BCUT2D eigenvalue weighted by atomic mass is 10.1. The maximum atomic E-state index is 5.49. The first-order chi connectivity index (χ1) is 14.6. The van der Waals surface area contributed by atoms with Crippen LogP contribution in [-0.2, 0) is 13.1 Å². The Morgan fingerprint density at radius 1 is 0.733 bits per heavy atom. The van der Waals surface area contributed by atoms with Crippen LogP contribution in [0.5, 0.6) is 28.7 Å². The zero-order valence-electron chi connectivity index (χ0n) is 18.5. The number of hydrogen-bond acceptors (Lipinski definition) is 6. The fourth-order valence-electron chi connectivity index (χ4n) is 2.90. The molecular weight excluding hydrogens is 386 g/mol. The van der Waals surface area contributed by atoms with Crippen LogP contribution in [0.3, 0.4) is 0 Å². The van der Waals surface area contributed by atoms with Crippen molar-refractivity contribution in [3.05, 3.63) is 41.5 Å². The van der Waals surface area contributed by atoms with Crippen LogP contribution in [0.4, 0.5) is 0 Å². The van der Waals surface area contributed by atoms with Gasteiger partial charge in [-0.05, 0) is 30.7 Å². The number of aliphatic imine (C=N–C) groups is 1. The highest BCUT2D eigenvalue weighted by atomic mass is 16.5. The highest BCUT2D eigenvalue weighted by molar-refractivity contribution is 5.79. The minimum atomic E-state index is 0.485. The van der Waals surface area contributed by atoms with E-state index in [0.29, 0.717) is 47.8 Å². The van der Waals surface area contributed by atoms with Crippen molar-refractivity contribution in [1.29, 1.82) is 0 Å². The van der Waals surface area contributed by atoms with Crippen LogP contribution < -0.4 is 34.3 Å². The molecule has 2 aromatic carbocycles. The van der Waals surface area contributed by atoms with Gasteiger partial charge in [0.05, 0.1) is 42.1 Å². The van der Waals surface area contributed by atoms with Gasteiger partial charge in [0, 0.05) is 24.7 Å². The van der Waals surface area contributed by atoms with Crippen molar-refractivity contribution in [3.8, 4) is 28.7 Å². The molecule has 0 heterocycles. The monoisotopic (exact) mass is 417 g/mol. The number of rotatable bonds is 10. The largest absolute Gasteiger partial charge is 0.496 e. The number of benzene rings is 2. The average Bonchev–Trinajstić information content (AvgIpc) is 2.79. The average molecular weight is 418 g/mol. The maximum absolute atomic E-state index is 5.49. The summed E-state index contributed by atoms with van der Waals surface area (Å²) < 4.78 is 26.9. The van der Waals surface area contributed by atoms with E-state index in [1.165, 1.54) is 0 Å². The zero-order valence-corrected chi connectivity index (χ0v) is 18.5. The van der Waals surface area contributed by atoms with E-state index in [4.69, 9.17) is 23.7 Å². The Bertz CT molecular complexity index is 855. The summed E-state index contributed by atoms with van der Waals surface area (Å²) in [5, 5.41) is 6.58. The molecule has 0 aliphatic carbocycles. The van der Waals surface area contributed by atoms with Crippen LogP contribution in [0.25, 0.3) is 0 Å². The molecule has 0 aromatic heterocycles. The number of methoxy groups -OCH3 is 5. The highest BCUT2D eigenvalue weighted by Gasteiger charge is 2.12. The summed E-state index contributed by atoms with van der Waals surface area (Å²) in [6.07, 6.45) is 0. The van der Waals surface area contributed by atoms with Crippen molar-refractivity contribution >= 4 is 5.96 Å². The van der Waals surface area contributed by atoms with Crippen LogP contribution in [-0.4, -0.2) is 48.1 Å². The van der Waals surface area contributed by atoms with E-state index in [0.717, 1.165) is 17.7 Å². The lowest BCUT2D eigenvalue weighted by Crippen LogP contribution is -2.36. The molecular formula is C22H31N3O5. The molecule has 8 heteroatoms. The van der Waals surface area contributed by atoms with Crippen molar-refractivity contribution in [1.82, 2.24) is 10.6 Å². The fraction of sp³-hybridized carbons (Fsp3) is 0.409. The molecule has 0 fully saturated rings. The van der Waals surface area contributed by atoms with Gasteiger partial charge in [0.1, 0.15) is 5.75 Å². The minimum absolute atomic E-state index is 0.485. The van der Waals surface area contributed by atoms with Gasteiger partial charge in [-0.3, -0.25) is 0 Å². The standard InChI is InChI=1S/C22H31N3O5/c1-7-23-22(24-13-15-8-9-17(26-2)19(10-15)28-4)25-14-16-11-20(29-5)21(30-6)12-18(16)27-3/h8-12H,7,13-14H2,1-6H3,(H2,23,24,25). The van der Waals surface area contributed by atoms with E-state index < -0.39 is 0 Å². The molecule has 0 saturated carbocycles. The Labute approximate surface area is 178 Å². The summed E-state index contributed by atoms with van der Waals surface area (Å²) in [7, 11) is 8.06. The molecule has 30 heavy (non-hydrogen) atoms. The lowest BCUT2D eigenvalue weighted by molar-refractivity contribution is 0.347. The Balaban J connectivity index is 2.16. The lowest BCUT2D eigenvalue weighted by Gasteiger charge is -2.16. The molecule has 8 nitrogen and oxygen atoms in total. The third-order valence-corrected chi connectivity index (χ3v) is 4.44. The number of ether oxygens (including phenoxy) is 5. The molecule has 0 spiro atoms. The molecule has 0 aliphatic heterocycles. The molecule has 0 atom stereocenters. The first kappa shape index (κ1) is 23.0. The van der Waals surface area contributed by atoms with Crippen molar-refractivity contribution < 1.29 is 23.7 Å². The van der Waals surface area contributed by atoms with Crippen LogP contribution >= 0.6 is 0 Å². The quantitative estimate of drug-likeness (QED) is 0.454. The molecule has 0 amide bonds. The van der Waals surface area contributed by atoms with E-state index in [1.54, 1.807) is 35.5 Å². The van der Waals surface area contributed by atoms with Crippen molar-refractivity contribution in [2.75, 3.05) is 42.1 Å². The van der Waals surface area contributed by atoms with Crippen LogP contribution in [0.15, 0.2) is 35.3 Å². The fourth-order valence-corrected chi connectivity index (χ4v) is 2.90. The van der Waals surface area contributed by atoms with E-state index in [-0.39, 0.29) is 0 Å². The Morgan fingerprint density at radius 2 is 1.33 bits per heavy atom. The molecule has 2 N–H and O–H groups in total. The van der Waals surface area contributed by atoms with Gasteiger partial charge < -0.3 is 34.3 Å². The molecule has 0 aliphatic rings. The third kappa shape index (κ3) is 5.85. The second-order valence-corrected chi connectivity index (χ2v) is 6.26. The van der Waals surface area contributed by atoms with Gasteiger partial charge in [-0.1, -0.05) is 6.07 Å². The Hall–Kier alpha value is -3.29. The second kappa shape index (κ2) is 11.6. The molecule has 0 radical (unpaired) electrons. The van der Waals surface area contributed by atoms with Gasteiger partial charge in [0.15, 0.2) is 29.0 Å². The van der Waals surface area contributed by atoms with Gasteiger partial charge in [-0.2, -0.15) is 0 Å². The second-order valence-electron chi connectivity index (χ2n) is 6.26. The molecule has 0 unspecified atom stereocenters. The summed E-state index contributed by atoms with van der Waals surface area (Å²) in [5.74, 6) is 4.02. The predicted molar refractivity (Wildman–Crippen MR) is 117 cm³/mol. The SMILES string of the molecule is CCNC(=NCc1ccc(OC)c(OC)c1)NCc1cc(OC)c(OC)cc1OC. The van der Waals surface area contributed by atoms with Gasteiger partial charge in [-0.15, -0.1) is 0 Å². The number of guanidine groups is 1. The van der Waals surface area contributed by atoms with Crippen molar-refractivity contribution in [2.24, 2.45) is 4.99 Å². The van der Waals surface area contributed by atoms with Crippen molar-refractivity contribution in [3.63, 3.8) is 0 Å². The first-order valence-corrected chi connectivity index (χ1v) is 9.62. The molecule has 0 bridgehead atoms. The third-order valence-electron chi connectivity index (χ3n) is 4.44. The minimum Gasteiger partial charge on any atom is -0.496 e. The van der Waals surface area contributed by atoms with E-state index in [2.05, 4.69) is 15.6 Å². The summed E-state index contributed by atoms with van der Waals surface area (Å²) in [6.45, 7) is 3.74. The molecule has 0 saturated heterocycles. The number of nitrogens with one attached hydrogen (secondary N) is 2. The zero-order chi connectivity index (χ0) is 21.9. The van der Waals surface area contributed by atoms with E-state index >= 15 is 0 Å². The molecule has 164 valence electrons. The summed E-state index contributed by atoms with van der Waals surface area (Å²) in [4.78, 5) is 4.66. The maximum Gasteiger partial charge on any atom is 0.191 e. The molecule has 2 rings (SSSR count). The van der Waals surface area contributed by atoms with Crippen LogP contribution in [0.2, 0.25) is 0 Å². The topological polar surface area (TPSA) is 82.6 Å². The Kier molecular flexibility index (Phi) is 8.93. The van der Waals surface area contributed by atoms with Crippen LogP contribution in [0.1, 0.15) is 18.1 Å². The van der Waals surface area contributed by atoms with Gasteiger partial charge in [0.25, 0.3) is 0 Å². The number of hydrogen-bond donors (Lipinski definition) is 2. The predicted octanol–water partition coefficient (Wildman–Crippen LogP) is 2.98. The normalized spacial score (nSPS) is 10.9. The highest BCUT2D eigenvalue weighted by Crippen LogP contribution is 2.34. The van der Waals surface area contributed by atoms with E-state index in [1.807, 2.05) is 37.3 Å². The number of nitrogens with zero attached hydrogens (tertiary/aromatic N) is 1. The summed E-state index contributed by atoms with van der Waals surface area (Å²) in [6, 6.07) is 9.46. The molecule has 2 aromatic rings. The van der Waals surface area contributed by atoms with Crippen molar-refractivity contribution in [2.45, 2.75) is 20.0 Å². The summed E-state index contributed by atoms with van der Waals surface area (Å²) >= 11 is 0. The van der Waals surface area contributed by atoms with Crippen LogP contribution in [0, 0.1) is 0 Å². The van der Waals surface area contributed by atoms with Gasteiger partial charge >= 0.3 is 0 Å². The first-order valence-electron chi connectivity index (χ1n) is 9.62. The Morgan fingerprint density at radius 3 is 1.93 bits per heavy atom. The summed E-state index contributed by atoms with van der Waals surface area (Å²) in [5.41, 5.74) is 1.93. The van der Waals surface area contributed by atoms with Gasteiger partial charge in [-0.25, -0.2) is 4.99 Å². The smallest absolute Gasteiger partial charge is 0.191 e.